The average molecular weight is 413 g/mol. The van der Waals surface area contributed by atoms with E-state index in [0.717, 1.165) is 16.9 Å². The van der Waals surface area contributed by atoms with E-state index < -0.39 is 35.0 Å². The molecule has 0 bridgehead atoms. The quantitative estimate of drug-likeness (QED) is 0.180. The van der Waals surface area contributed by atoms with E-state index in [1.165, 1.54) is 17.1 Å². The van der Waals surface area contributed by atoms with Crippen molar-refractivity contribution in [2.24, 2.45) is 5.16 Å². The van der Waals surface area contributed by atoms with Gasteiger partial charge in [-0.25, -0.2) is 14.6 Å². The van der Waals surface area contributed by atoms with Crippen LogP contribution in [-0.4, -0.2) is 62.1 Å². The molecule has 0 aromatic carbocycles. The number of thioether (sulfide) groups is 1. The molecule has 0 saturated heterocycles. The third kappa shape index (κ3) is 3.68. The molecule has 1 aromatic heterocycles. The minimum absolute atomic E-state index is 0.0177. The number of carbonyl (C=O) groups is 3. The van der Waals surface area contributed by atoms with Gasteiger partial charge >= 0.3 is 11.9 Å². The fourth-order valence-corrected chi connectivity index (χ4v) is 4.46. The van der Waals surface area contributed by atoms with E-state index in [1.807, 2.05) is 0 Å². The molecule has 11 nitrogen and oxygen atoms in total. The second-order valence-electron chi connectivity index (χ2n) is 5.63. The van der Waals surface area contributed by atoms with Gasteiger partial charge in [0.2, 0.25) is 0 Å². The van der Waals surface area contributed by atoms with Gasteiger partial charge in [0.25, 0.3) is 5.91 Å². The van der Waals surface area contributed by atoms with Crippen molar-refractivity contribution < 1.29 is 29.4 Å². The highest BCUT2D eigenvalue weighted by Crippen LogP contribution is 2.32. The molecule has 1 aromatic rings. The summed E-state index contributed by atoms with van der Waals surface area (Å²) >= 11 is 2.24. The number of aromatic nitrogens is 1. The first kappa shape index (κ1) is 19.0. The Morgan fingerprint density at radius 1 is 1.56 bits per heavy atom. The number of carbonyl (C=O) groups excluding carboxylic acids is 2. The molecule has 3 rings (SSSR count). The van der Waals surface area contributed by atoms with E-state index in [-0.39, 0.29) is 22.6 Å². The van der Waals surface area contributed by atoms with Crippen molar-refractivity contribution in [1.82, 2.24) is 15.6 Å². The summed E-state index contributed by atoms with van der Waals surface area (Å²) in [7, 11) is 0. The Morgan fingerprint density at radius 2 is 2.30 bits per heavy atom. The van der Waals surface area contributed by atoms with Crippen LogP contribution in [0, 0.1) is 0 Å². The van der Waals surface area contributed by atoms with Crippen LogP contribution in [0.4, 0.5) is 5.13 Å². The Balaban J connectivity index is 1.77. The molecule has 13 heteroatoms. The number of aliphatic carboxylic acids is 1. The number of nitrogens with one attached hydrogen (secondary N) is 2. The summed E-state index contributed by atoms with van der Waals surface area (Å²) in [6.07, 6.45) is -0.380. The first-order valence-corrected chi connectivity index (χ1v) is 9.54. The fourth-order valence-electron chi connectivity index (χ4n) is 2.60. The Kier molecular flexibility index (Phi) is 5.23. The van der Waals surface area contributed by atoms with Crippen LogP contribution in [0.2, 0.25) is 0 Å². The molecule has 0 unspecified atom stereocenters. The van der Waals surface area contributed by atoms with Gasteiger partial charge in [-0.3, -0.25) is 4.79 Å². The molecule has 0 saturated carbocycles. The minimum Gasteiger partial charge on any atom is -0.480 e. The summed E-state index contributed by atoms with van der Waals surface area (Å²) in [6, 6.07) is -1.41. The second-order valence-corrected chi connectivity index (χ2v) is 7.65. The van der Waals surface area contributed by atoms with Crippen LogP contribution in [0.15, 0.2) is 21.8 Å². The number of carboxylic acid groups (broad SMARTS) is 1. The maximum atomic E-state index is 12.4. The Labute approximate surface area is 160 Å². The molecule has 144 valence electrons. The molecule has 1 amide bonds. The number of hydrogen-bond donors (Lipinski definition) is 5. The summed E-state index contributed by atoms with van der Waals surface area (Å²) in [5.41, 5.74) is 6.00. The highest BCUT2D eigenvalue weighted by Gasteiger charge is 2.41. The molecule has 0 fully saturated rings. The molecular weight excluding hydrogens is 398 g/mol. The van der Waals surface area contributed by atoms with Crippen molar-refractivity contribution in [2.75, 3.05) is 11.5 Å². The van der Waals surface area contributed by atoms with E-state index >= 15 is 0 Å². The number of oxime groups is 1. The largest absolute Gasteiger partial charge is 0.480 e. The number of carboxylic acids is 1. The van der Waals surface area contributed by atoms with Crippen LogP contribution < -0.4 is 16.4 Å². The molecule has 3 heterocycles. The predicted molar refractivity (Wildman–Crippen MR) is 96.4 cm³/mol. The Bertz CT molecular complexity index is 866. The lowest BCUT2D eigenvalue weighted by Gasteiger charge is -2.29. The summed E-state index contributed by atoms with van der Waals surface area (Å²) in [5.74, 6) is -2.45. The van der Waals surface area contributed by atoms with Crippen LogP contribution in [0.5, 0.6) is 0 Å². The Morgan fingerprint density at radius 3 is 2.89 bits per heavy atom. The second kappa shape index (κ2) is 7.44. The van der Waals surface area contributed by atoms with Crippen LogP contribution in [0.25, 0.3) is 0 Å². The number of rotatable bonds is 5. The normalized spacial score (nSPS) is 23.3. The lowest BCUT2D eigenvalue weighted by Crippen LogP contribution is -2.55. The SMILES string of the molecule is C[C@@H]1OC(=O)C2=C1CS[C@@H]([C@H](NC(=O)/C(=N/O)c1csc(N)n1)C(=O)O)N2. The lowest BCUT2D eigenvalue weighted by molar-refractivity contribution is -0.142. The molecule has 0 aliphatic carbocycles. The van der Waals surface area contributed by atoms with Crippen molar-refractivity contribution >= 4 is 51.8 Å². The van der Waals surface area contributed by atoms with Crippen molar-refractivity contribution in [2.45, 2.75) is 24.4 Å². The molecule has 27 heavy (non-hydrogen) atoms. The highest BCUT2D eigenvalue weighted by molar-refractivity contribution is 8.00. The fraction of sp³-hybridized carbons (Fsp3) is 0.357. The van der Waals surface area contributed by atoms with E-state index in [1.54, 1.807) is 6.92 Å². The lowest BCUT2D eigenvalue weighted by atomic mass is 10.1. The van der Waals surface area contributed by atoms with Crippen molar-refractivity contribution in [3.63, 3.8) is 0 Å². The average Bonchev–Trinajstić information content (AvgIpc) is 3.16. The number of thiazole rings is 1. The number of cyclic esters (lactones) is 1. The number of anilines is 1. The number of hydrogen-bond acceptors (Lipinski definition) is 11. The van der Waals surface area contributed by atoms with Gasteiger partial charge in [-0.2, -0.15) is 0 Å². The van der Waals surface area contributed by atoms with Crippen molar-refractivity contribution in [3.05, 3.63) is 22.3 Å². The van der Waals surface area contributed by atoms with Crippen LogP contribution in [0.3, 0.4) is 0 Å². The maximum absolute atomic E-state index is 12.4. The van der Waals surface area contributed by atoms with E-state index in [0.29, 0.717) is 5.75 Å². The molecule has 0 radical (unpaired) electrons. The van der Waals surface area contributed by atoms with Gasteiger partial charge < -0.3 is 31.4 Å². The first-order chi connectivity index (χ1) is 12.8. The zero-order chi connectivity index (χ0) is 19.7. The number of ether oxygens (including phenoxy) is 1. The minimum atomic E-state index is -1.41. The van der Waals surface area contributed by atoms with Crippen LogP contribution >= 0.6 is 23.1 Å². The van der Waals surface area contributed by atoms with E-state index in [2.05, 4.69) is 20.8 Å². The first-order valence-electron chi connectivity index (χ1n) is 7.61. The topological polar surface area (TPSA) is 176 Å². The van der Waals surface area contributed by atoms with Crippen LogP contribution in [0.1, 0.15) is 12.6 Å². The third-order valence-electron chi connectivity index (χ3n) is 3.94. The third-order valence-corrected chi connectivity index (χ3v) is 5.84. The standard InChI is InChI=1S/C14H15N5O6S2/c1-4-5-2-26-11(18-7(5)13(23)25-4)9(12(21)22)17-10(20)8(19-24)6-3-27-14(15)16-6/h3-4,9,11,18,24H,2H2,1H3,(H2,15,16)(H,17,20)(H,21,22)/b19-8+/t4-,9-,11-/m0/s1. The number of esters is 1. The van der Waals surface area contributed by atoms with Gasteiger partial charge in [-0.15, -0.1) is 23.1 Å². The Hall–Kier alpha value is -2.80. The van der Waals surface area contributed by atoms with Crippen LogP contribution in [-0.2, 0) is 19.1 Å². The van der Waals surface area contributed by atoms with Gasteiger partial charge in [-0.1, -0.05) is 5.16 Å². The number of nitrogens with zero attached hydrogens (tertiary/aromatic N) is 2. The zero-order valence-corrected chi connectivity index (χ0v) is 15.5. The van der Waals surface area contributed by atoms with E-state index in [4.69, 9.17) is 15.7 Å². The summed E-state index contributed by atoms with van der Waals surface area (Å²) in [5, 5.41) is 27.4. The molecule has 2 aliphatic heterocycles. The van der Waals surface area contributed by atoms with Gasteiger partial charge in [-0.05, 0) is 6.92 Å². The highest BCUT2D eigenvalue weighted by atomic mass is 32.2. The predicted octanol–water partition coefficient (Wildman–Crippen LogP) is -0.665. The number of amides is 1. The van der Waals surface area contributed by atoms with Gasteiger partial charge in [0.1, 0.15) is 22.9 Å². The molecule has 0 spiro atoms. The molecule has 3 atom stereocenters. The zero-order valence-electron chi connectivity index (χ0n) is 13.8. The maximum Gasteiger partial charge on any atom is 0.355 e. The molecule has 6 N–H and O–H groups in total. The van der Waals surface area contributed by atoms with E-state index in [9.17, 15) is 19.5 Å². The smallest absolute Gasteiger partial charge is 0.355 e. The summed E-state index contributed by atoms with van der Waals surface area (Å²) in [6.45, 7) is 1.73. The molecule has 2 aliphatic rings. The van der Waals surface area contributed by atoms with Gasteiger partial charge in [0, 0.05) is 16.7 Å². The number of nitrogen functional groups attached to an aromatic ring is 1. The van der Waals surface area contributed by atoms with Gasteiger partial charge in [0.15, 0.2) is 16.9 Å². The van der Waals surface area contributed by atoms with Crippen molar-refractivity contribution in [3.8, 4) is 0 Å². The van der Waals surface area contributed by atoms with Crippen molar-refractivity contribution in [1.29, 1.82) is 0 Å². The number of nitrogens with two attached hydrogens (primary N) is 1. The molecular formula is C14H15N5O6S2. The summed E-state index contributed by atoms with van der Waals surface area (Å²) in [4.78, 5) is 39.8. The monoisotopic (exact) mass is 413 g/mol. The van der Waals surface area contributed by atoms with Gasteiger partial charge in [0.05, 0.1) is 0 Å². The summed E-state index contributed by atoms with van der Waals surface area (Å²) < 4.78 is 5.10.